The van der Waals surface area contributed by atoms with Crippen molar-refractivity contribution in [1.29, 1.82) is 0 Å². The lowest BCUT2D eigenvalue weighted by molar-refractivity contribution is 0.304. The van der Waals surface area contributed by atoms with Crippen LogP contribution in [0.25, 0.3) is 0 Å². The number of rotatable bonds is 4. The van der Waals surface area contributed by atoms with Crippen molar-refractivity contribution < 1.29 is 0 Å². The van der Waals surface area contributed by atoms with Gasteiger partial charge in [-0.1, -0.05) is 0 Å². The van der Waals surface area contributed by atoms with Gasteiger partial charge in [0, 0.05) is 12.1 Å². The highest BCUT2D eigenvalue weighted by Gasteiger charge is 2.32. The Morgan fingerprint density at radius 1 is 1.31 bits per heavy atom. The van der Waals surface area contributed by atoms with Gasteiger partial charge in [-0.15, -0.1) is 0 Å². The van der Waals surface area contributed by atoms with Crippen molar-refractivity contribution in [1.82, 2.24) is 5.32 Å². The maximum atomic E-state index is 5.87. The molecule has 0 spiro atoms. The molecule has 0 radical (unpaired) electrons. The molecular formula is C10H20N2S. The zero-order chi connectivity index (χ0) is 9.15. The van der Waals surface area contributed by atoms with E-state index in [1.807, 2.05) is 0 Å². The molecule has 0 aromatic carbocycles. The lowest BCUT2D eigenvalue weighted by Gasteiger charge is -2.37. The van der Waals surface area contributed by atoms with Gasteiger partial charge in [0.15, 0.2) is 0 Å². The Bertz CT molecular complexity index is 162. The molecule has 2 rings (SSSR count). The zero-order valence-electron chi connectivity index (χ0n) is 8.22. The van der Waals surface area contributed by atoms with E-state index in [-0.39, 0.29) is 0 Å². The molecule has 76 valence electrons. The van der Waals surface area contributed by atoms with Crippen LogP contribution in [0.1, 0.15) is 25.7 Å². The van der Waals surface area contributed by atoms with Crippen LogP contribution in [0.2, 0.25) is 0 Å². The van der Waals surface area contributed by atoms with Crippen LogP contribution in [0.15, 0.2) is 0 Å². The van der Waals surface area contributed by atoms with Crippen molar-refractivity contribution in [3.8, 4) is 0 Å². The smallest absolute Gasteiger partial charge is 0.0319 e. The number of thioether (sulfide) groups is 1. The number of hydrogen-bond acceptors (Lipinski definition) is 3. The number of hydrogen-bond donors (Lipinski definition) is 2. The molecule has 2 fully saturated rings. The summed E-state index contributed by atoms with van der Waals surface area (Å²) in [4.78, 5) is 0. The van der Waals surface area contributed by atoms with Crippen molar-refractivity contribution in [2.45, 2.75) is 31.2 Å². The fraction of sp³-hybridized carbons (Fsp3) is 1.00. The largest absolute Gasteiger partial charge is 0.329 e. The summed E-state index contributed by atoms with van der Waals surface area (Å²) >= 11 is 2.07. The molecule has 0 aromatic heterocycles. The van der Waals surface area contributed by atoms with Crippen molar-refractivity contribution in [3.63, 3.8) is 0 Å². The lowest BCUT2D eigenvalue weighted by Crippen LogP contribution is -2.54. The predicted molar refractivity (Wildman–Crippen MR) is 59.1 cm³/mol. The minimum atomic E-state index is 0.299. The van der Waals surface area contributed by atoms with Crippen molar-refractivity contribution in [3.05, 3.63) is 0 Å². The number of nitrogens with two attached hydrogens (primary N) is 1. The maximum absolute atomic E-state index is 5.87. The minimum Gasteiger partial charge on any atom is -0.329 e. The molecule has 0 atom stereocenters. The molecule has 3 heteroatoms. The first-order chi connectivity index (χ1) is 6.35. The van der Waals surface area contributed by atoms with Crippen molar-refractivity contribution in [2.24, 2.45) is 11.7 Å². The van der Waals surface area contributed by atoms with Crippen LogP contribution < -0.4 is 11.1 Å². The van der Waals surface area contributed by atoms with E-state index >= 15 is 0 Å². The second kappa shape index (κ2) is 4.20. The van der Waals surface area contributed by atoms with Gasteiger partial charge in [-0.05, 0) is 49.7 Å². The van der Waals surface area contributed by atoms with Gasteiger partial charge in [0.2, 0.25) is 0 Å². The van der Waals surface area contributed by atoms with Crippen LogP contribution >= 0.6 is 11.8 Å². The molecule has 3 N–H and O–H groups in total. The average Bonchev–Trinajstić information content (AvgIpc) is 3.00. The summed E-state index contributed by atoms with van der Waals surface area (Å²) in [7, 11) is 0. The molecule has 0 aromatic rings. The standard InChI is InChI=1S/C10H20N2S/c11-8-10(3-5-13-6-4-10)12-7-9-1-2-9/h9,12H,1-8,11H2. The van der Waals surface area contributed by atoms with Gasteiger partial charge in [-0.3, -0.25) is 0 Å². The Morgan fingerprint density at radius 2 is 2.00 bits per heavy atom. The fourth-order valence-electron chi connectivity index (χ4n) is 1.90. The molecule has 1 heterocycles. The molecule has 13 heavy (non-hydrogen) atoms. The summed E-state index contributed by atoms with van der Waals surface area (Å²) in [6.07, 6.45) is 5.40. The first-order valence-corrected chi connectivity index (χ1v) is 6.53. The summed E-state index contributed by atoms with van der Waals surface area (Å²) in [5, 5.41) is 3.71. The molecule has 2 aliphatic rings. The third-order valence-electron chi connectivity index (χ3n) is 3.30. The van der Waals surface area contributed by atoms with E-state index in [2.05, 4.69) is 17.1 Å². The van der Waals surface area contributed by atoms with Crippen molar-refractivity contribution >= 4 is 11.8 Å². The van der Waals surface area contributed by atoms with Crippen LogP contribution in [0.3, 0.4) is 0 Å². The van der Waals surface area contributed by atoms with Gasteiger partial charge in [-0.2, -0.15) is 11.8 Å². The molecule has 0 unspecified atom stereocenters. The third-order valence-corrected chi connectivity index (χ3v) is 4.29. The first-order valence-electron chi connectivity index (χ1n) is 5.37. The normalized spacial score (nSPS) is 27.5. The molecule has 0 amide bonds. The molecule has 0 bridgehead atoms. The Balaban J connectivity index is 1.80. The van der Waals surface area contributed by atoms with Gasteiger partial charge in [-0.25, -0.2) is 0 Å². The Morgan fingerprint density at radius 3 is 2.54 bits per heavy atom. The van der Waals surface area contributed by atoms with Gasteiger partial charge in [0.25, 0.3) is 0 Å². The summed E-state index contributed by atoms with van der Waals surface area (Å²) < 4.78 is 0. The van der Waals surface area contributed by atoms with E-state index in [0.29, 0.717) is 5.54 Å². The molecule has 1 aliphatic carbocycles. The minimum absolute atomic E-state index is 0.299. The molecular weight excluding hydrogens is 180 g/mol. The van der Waals surface area contributed by atoms with E-state index in [1.54, 1.807) is 0 Å². The predicted octanol–water partition coefficient (Wildman–Crippen LogP) is 1.21. The van der Waals surface area contributed by atoms with Gasteiger partial charge >= 0.3 is 0 Å². The average molecular weight is 200 g/mol. The molecule has 2 nitrogen and oxygen atoms in total. The Labute approximate surface area is 85.0 Å². The fourth-order valence-corrected chi connectivity index (χ4v) is 3.17. The van der Waals surface area contributed by atoms with E-state index in [0.717, 1.165) is 12.5 Å². The molecule has 1 saturated carbocycles. The van der Waals surface area contributed by atoms with E-state index in [1.165, 1.54) is 43.7 Å². The highest BCUT2D eigenvalue weighted by atomic mass is 32.2. The van der Waals surface area contributed by atoms with Gasteiger partial charge in [0.1, 0.15) is 0 Å². The topological polar surface area (TPSA) is 38.0 Å². The molecule has 1 aliphatic heterocycles. The monoisotopic (exact) mass is 200 g/mol. The van der Waals surface area contributed by atoms with Crippen LogP contribution in [0.4, 0.5) is 0 Å². The second-order valence-corrected chi connectivity index (χ2v) is 5.65. The van der Waals surface area contributed by atoms with Gasteiger partial charge < -0.3 is 11.1 Å². The van der Waals surface area contributed by atoms with E-state index < -0.39 is 0 Å². The summed E-state index contributed by atoms with van der Waals surface area (Å²) in [5.41, 5.74) is 6.17. The summed E-state index contributed by atoms with van der Waals surface area (Å²) in [6.45, 7) is 2.03. The highest BCUT2D eigenvalue weighted by Crippen LogP contribution is 2.31. The lowest BCUT2D eigenvalue weighted by atomic mass is 9.92. The third kappa shape index (κ3) is 2.61. The second-order valence-electron chi connectivity index (χ2n) is 4.42. The summed E-state index contributed by atoms with van der Waals surface area (Å²) in [5.74, 6) is 3.54. The zero-order valence-corrected chi connectivity index (χ0v) is 9.04. The van der Waals surface area contributed by atoms with Crippen LogP contribution in [0, 0.1) is 5.92 Å². The van der Waals surface area contributed by atoms with Crippen LogP contribution in [-0.2, 0) is 0 Å². The maximum Gasteiger partial charge on any atom is 0.0319 e. The van der Waals surface area contributed by atoms with Gasteiger partial charge in [0.05, 0.1) is 0 Å². The highest BCUT2D eigenvalue weighted by molar-refractivity contribution is 7.99. The van der Waals surface area contributed by atoms with Crippen LogP contribution in [-0.4, -0.2) is 30.1 Å². The summed E-state index contributed by atoms with van der Waals surface area (Å²) in [6, 6.07) is 0. The molecule has 1 saturated heterocycles. The SMILES string of the molecule is NCC1(NCC2CC2)CCSCC1. The number of nitrogens with one attached hydrogen (secondary N) is 1. The van der Waals surface area contributed by atoms with Crippen molar-refractivity contribution in [2.75, 3.05) is 24.6 Å². The van der Waals surface area contributed by atoms with Crippen LogP contribution in [0.5, 0.6) is 0 Å². The van der Waals surface area contributed by atoms with E-state index in [4.69, 9.17) is 5.73 Å². The Hall–Kier alpha value is 0.270. The first kappa shape index (κ1) is 9.81. The quantitative estimate of drug-likeness (QED) is 0.716. The van der Waals surface area contributed by atoms with E-state index in [9.17, 15) is 0 Å². The Kier molecular flexibility index (Phi) is 3.17.